The molecule has 0 aromatic carbocycles. The lowest BCUT2D eigenvalue weighted by atomic mass is 10.4. The van der Waals surface area contributed by atoms with Crippen LogP contribution < -0.4 is 11.1 Å². The molecule has 2 aromatic heterocycles. The summed E-state index contributed by atoms with van der Waals surface area (Å²) in [6.45, 7) is 0. The van der Waals surface area contributed by atoms with E-state index < -0.39 is 0 Å². The van der Waals surface area contributed by atoms with Gasteiger partial charge in [-0.05, 0) is 23.2 Å². The zero-order valence-corrected chi connectivity index (χ0v) is 8.58. The number of nitrogens with two attached hydrogens (primary N) is 1. The van der Waals surface area contributed by atoms with Crippen molar-refractivity contribution < 1.29 is 13.9 Å². The Hall–Kier alpha value is -2.45. The molecular formula is C8H8N6O3. The van der Waals surface area contributed by atoms with Crippen LogP contribution in [0, 0.1) is 0 Å². The second-order valence-corrected chi connectivity index (χ2v) is 3.67. The number of aromatic nitrogens is 4. The molecule has 0 bridgehead atoms. The fourth-order valence-corrected chi connectivity index (χ4v) is 1.23. The van der Waals surface area contributed by atoms with E-state index in [9.17, 15) is 4.79 Å². The van der Waals surface area contributed by atoms with E-state index in [4.69, 9.17) is 10.3 Å². The number of hydrogen-bond acceptors (Lipinski definition) is 8. The summed E-state index contributed by atoms with van der Waals surface area (Å²) in [4.78, 5) is 15.4. The zero-order valence-electron chi connectivity index (χ0n) is 8.58. The van der Waals surface area contributed by atoms with E-state index in [1.165, 1.54) is 0 Å². The first-order valence-corrected chi connectivity index (χ1v) is 4.97. The first kappa shape index (κ1) is 9.75. The normalized spacial score (nSPS) is 14.8. The number of rotatable bonds is 3. The largest absolute Gasteiger partial charge is 0.379 e. The Morgan fingerprint density at radius 1 is 1.35 bits per heavy atom. The summed E-state index contributed by atoms with van der Waals surface area (Å²) in [7, 11) is 0. The maximum Gasteiger partial charge on any atom is 0.292 e. The van der Waals surface area contributed by atoms with Crippen LogP contribution in [-0.2, 0) is 0 Å². The van der Waals surface area contributed by atoms with Gasteiger partial charge in [-0.3, -0.25) is 4.79 Å². The van der Waals surface area contributed by atoms with Crippen LogP contribution in [0.5, 0.6) is 0 Å². The number of nitrogens with one attached hydrogen (secondary N) is 1. The Morgan fingerprint density at radius 2 is 2.18 bits per heavy atom. The van der Waals surface area contributed by atoms with E-state index in [0.717, 1.165) is 12.8 Å². The second kappa shape index (κ2) is 3.54. The SMILES string of the molecule is Nc1nonc1-c1nc(C(=O)NC2CC2)no1. The number of carbonyl (C=O) groups is 1. The monoisotopic (exact) mass is 236 g/mol. The highest BCUT2D eigenvalue weighted by atomic mass is 16.6. The van der Waals surface area contributed by atoms with Crippen LogP contribution in [0.2, 0.25) is 0 Å². The zero-order chi connectivity index (χ0) is 11.8. The summed E-state index contributed by atoms with van der Waals surface area (Å²) in [5.41, 5.74) is 5.58. The molecule has 0 unspecified atom stereocenters. The minimum absolute atomic E-state index is 0.00435. The Morgan fingerprint density at radius 3 is 2.82 bits per heavy atom. The van der Waals surface area contributed by atoms with E-state index >= 15 is 0 Å². The van der Waals surface area contributed by atoms with Crippen LogP contribution in [0.3, 0.4) is 0 Å². The number of amides is 1. The van der Waals surface area contributed by atoms with Gasteiger partial charge < -0.3 is 15.6 Å². The van der Waals surface area contributed by atoms with Crippen LogP contribution >= 0.6 is 0 Å². The molecule has 3 N–H and O–H groups in total. The average Bonchev–Trinajstić information content (AvgIpc) is 2.82. The highest BCUT2D eigenvalue weighted by Crippen LogP contribution is 2.21. The molecule has 1 aliphatic rings. The summed E-state index contributed by atoms with van der Waals surface area (Å²) in [5, 5.41) is 13.1. The van der Waals surface area contributed by atoms with Crippen LogP contribution in [0.4, 0.5) is 5.82 Å². The molecule has 0 saturated heterocycles. The molecule has 2 heterocycles. The van der Waals surface area contributed by atoms with Gasteiger partial charge in [0, 0.05) is 6.04 Å². The van der Waals surface area contributed by atoms with Crippen LogP contribution in [-0.4, -0.2) is 32.4 Å². The second-order valence-electron chi connectivity index (χ2n) is 3.67. The summed E-state index contributed by atoms with van der Waals surface area (Å²) < 4.78 is 9.24. The lowest BCUT2D eigenvalue weighted by Crippen LogP contribution is -2.26. The van der Waals surface area contributed by atoms with Crippen molar-refractivity contribution in [2.45, 2.75) is 18.9 Å². The Balaban J connectivity index is 1.82. The predicted molar refractivity (Wildman–Crippen MR) is 52.5 cm³/mol. The molecule has 0 radical (unpaired) electrons. The molecule has 9 nitrogen and oxygen atoms in total. The molecule has 2 aromatic rings. The molecule has 3 rings (SSSR count). The lowest BCUT2D eigenvalue weighted by Gasteiger charge is -1.95. The average molecular weight is 236 g/mol. The van der Waals surface area contributed by atoms with Crippen LogP contribution in [0.15, 0.2) is 9.15 Å². The van der Waals surface area contributed by atoms with Gasteiger partial charge in [0.25, 0.3) is 17.6 Å². The Bertz CT molecular complexity index is 557. The molecular weight excluding hydrogens is 228 g/mol. The number of carbonyl (C=O) groups excluding carboxylic acids is 1. The third-order valence-electron chi connectivity index (χ3n) is 2.26. The van der Waals surface area contributed by atoms with Gasteiger partial charge in [-0.1, -0.05) is 5.16 Å². The van der Waals surface area contributed by atoms with Crippen molar-refractivity contribution in [2.24, 2.45) is 0 Å². The van der Waals surface area contributed by atoms with E-state index in [2.05, 4.69) is 30.4 Å². The van der Waals surface area contributed by atoms with Crippen LogP contribution in [0.25, 0.3) is 11.6 Å². The fourth-order valence-electron chi connectivity index (χ4n) is 1.23. The molecule has 0 aliphatic heterocycles. The minimum Gasteiger partial charge on any atom is -0.379 e. The van der Waals surface area contributed by atoms with Crippen molar-refractivity contribution in [1.82, 2.24) is 25.8 Å². The summed E-state index contributed by atoms with van der Waals surface area (Å²) >= 11 is 0. The third kappa shape index (κ3) is 1.82. The van der Waals surface area contributed by atoms with Gasteiger partial charge in [-0.15, -0.1) is 0 Å². The van der Waals surface area contributed by atoms with Crippen LogP contribution in [0.1, 0.15) is 23.5 Å². The van der Waals surface area contributed by atoms with Crippen molar-refractivity contribution >= 4 is 11.7 Å². The van der Waals surface area contributed by atoms with E-state index in [-0.39, 0.29) is 35.2 Å². The molecule has 1 aliphatic carbocycles. The molecule has 0 spiro atoms. The fraction of sp³-hybridized carbons (Fsp3) is 0.375. The molecule has 9 heteroatoms. The van der Waals surface area contributed by atoms with Gasteiger partial charge in [0.2, 0.25) is 11.5 Å². The first-order valence-electron chi connectivity index (χ1n) is 4.97. The Labute approximate surface area is 94.3 Å². The van der Waals surface area contributed by atoms with Crippen molar-refractivity contribution in [2.75, 3.05) is 5.73 Å². The van der Waals surface area contributed by atoms with Crippen molar-refractivity contribution in [1.29, 1.82) is 0 Å². The molecule has 1 fully saturated rings. The number of anilines is 1. The van der Waals surface area contributed by atoms with Gasteiger partial charge in [0.15, 0.2) is 0 Å². The van der Waals surface area contributed by atoms with Gasteiger partial charge in [0.05, 0.1) is 0 Å². The van der Waals surface area contributed by atoms with E-state index in [0.29, 0.717) is 0 Å². The Kier molecular flexibility index (Phi) is 2.03. The minimum atomic E-state index is -0.377. The van der Waals surface area contributed by atoms with Gasteiger partial charge >= 0.3 is 0 Å². The van der Waals surface area contributed by atoms with Crippen molar-refractivity contribution in [3.8, 4) is 11.6 Å². The summed E-state index contributed by atoms with van der Waals surface area (Å²) in [6, 6.07) is 0.225. The number of nitrogens with zero attached hydrogens (tertiary/aromatic N) is 4. The smallest absolute Gasteiger partial charge is 0.292 e. The highest BCUT2D eigenvalue weighted by Gasteiger charge is 2.27. The van der Waals surface area contributed by atoms with Gasteiger partial charge in [-0.25, -0.2) is 4.63 Å². The number of nitrogen functional groups attached to an aromatic ring is 1. The third-order valence-corrected chi connectivity index (χ3v) is 2.26. The molecule has 1 saturated carbocycles. The predicted octanol–water partition coefficient (Wildman–Crippen LogP) is -0.406. The molecule has 1 amide bonds. The standard InChI is InChI=1S/C8H8N6O3/c9-5-4(12-17-13-5)8-11-6(14-16-8)7(15)10-3-1-2-3/h3H,1-2H2,(H2,9,13)(H,10,15). The first-order chi connectivity index (χ1) is 8.24. The highest BCUT2D eigenvalue weighted by molar-refractivity contribution is 5.91. The van der Waals surface area contributed by atoms with Crippen molar-refractivity contribution in [3.05, 3.63) is 5.82 Å². The van der Waals surface area contributed by atoms with E-state index in [1.54, 1.807) is 0 Å². The summed E-state index contributed by atoms with van der Waals surface area (Å²) in [5.74, 6) is -0.403. The maximum absolute atomic E-state index is 11.6. The van der Waals surface area contributed by atoms with E-state index in [1.807, 2.05) is 0 Å². The number of hydrogen-bond donors (Lipinski definition) is 2. The topological polar surface area (TPSA) is 133 Å². The molecule has 0 atom stereocenters. The lowest BCUT2D eigenvalue weighted by molar-refractivity contribution is 0.0937. The van der Waals surface area contributed by atoms with Crippen molar-refractivity contribution in [3.63, 3.8) is 0 Å². The van der Waals surface area contributed by atoms with Gasteiger partial charge in [0.1, 0.15) is 0 Å². The molecule has 17 heavy (non-hydrogen) atoms. The molecule has 88 valence electrons. The quantitative estimate of drug-likeness (QED) is 0.734. The van der Waals surface area contributed by atoms with Gasteiger partial charge in [-0.2, -0.15) is 4.98 Å². The summed E-state index contributed by atoms with van der Waals surface area (Å²) in [6.07, 6.45) is 1.97. The maximum atomic E-state index is 11.6.